The Morgan fingerprint density at radius 1 is 1.00 bits per heavy atom. The Hall–Kier alpha value is -1.02. The summed E-state index contributed by atoms with van der Waals surface area (Å²) < 4.78 is 11.3. The fourth-order valence-electron chi connectivity index (χ4n) is 2.32. The van der Waals surface area contributed by atoms with Crippen LogP contribution in [0.4, 0.5) is 0 Å². The molecule has 2 atom stereocenters. The van der Waals surface area contributed by atoms with Crippen molar-refractivity contribution in [2.75, 3.05) is 13.2 Å². The molecule has 2 nitrogen and oxygen atoms in total. The molecule has 0 aromatic heterocycles. The Labute approximate surface area is 118 Å². The van der Waals surface area contributed by atoms with E-state index >= 15 is 0 Å². The third-order valence-corrected chi connectivity index (χ3v) is 3.71. The summed E-state index contributed by atoms with van der Waals surface area (Å²) in [4.78, 5) is 0. The molecule has 0 fully saturated rings. The van der Waals surface area contributed by atoms with E-state index in [0.717, 1.165) is 25.4 Å². The molecule has 0 amide bonds. The molecule has 0 N–H and O–H groups in total. The molecule has 0 saturated carbocycles. The number of rotatable bonds is 7. The Morgan fingerprint density at radius 2 is 1.68 bits per heavy atom. The van der Waals surface area contributed by atoms with Crippen LogP contribution in [0.5, 0.6) is 5.75 Å². The lowest BCUT2D eigenvalue weighted by molar-refractivity contribution is 0.0388. The zero-order valence-corrected chi connectivity index (χ0v) is 13.2. The molecule has 0 aliphatic rings. The van der Waals surface area contributed by atoms with Crippen molar-refractivity contribution in [3.05, 3.63) is 28.8 Å². The average molecular weight is 264 g/mol. The highest BCUT2D eigenvalue weighted by Gasteiger charge is 2.15. The van der Waals surface area contributed by atoms with Crippen molar-refractivity contribution in [3.8, 4) is 5.75 Å². The number of hydrogen-bond donors (Lipinski definition) is 0. The SMILES string of the molecule is CCOc1cc(C)c(CC(C)C(C)OCC)cc1C. The predicted octanol–water partition coefficient (Wildman–Crippen LogP) is 4.31. The van der Waals surface area contributed by atoms with Gasteiger partial charge >= 0.3 is 0 Å². The average Bonchev–Trinajstić information content (AvgIpc) is 2.35. The van der Waals surface area contributed by atoms with Crippen molar-refractivity contribution in [2.24, 2.45) is 5.92 Å². The van der Waals surface area contributed by atoms with E-state index in [1.54, 1.807) is 0 Å². The first-order valence-electron chi connectivity index (χ1n) is 7.34. The van der Waals surface area contributed by atoms with Crippen LogP contribution in [0.3, 0.4) is 0 Å². The van der Waals surface area contributed by atoms with Crippen molar-refractivity contribution in [2.45, 2.75) is 54.1 Å². The van der Waals surface area contributed by atoms with E-state index in [0.29, 0.717) is 12.0 Å². The van der Waals surface area contributed by atoms with Gasteiger partial charge in [0.2, 0.25) is 0 Å². The zero-order valence-electron chi connectivity index (χ0n) is 13.2. The van der Waals surface area contributed by atoms with Crippen LogP contribution in [-0.4, -0.2) is 19.3 Å². The lowest BCUT2D eigenvalue weighted by Crippen LogP contribution is -2.20. The minimum atomic E-state index is 0.302. The Balaban J connectivity index is 2.81. The van der Waals surface area contributed by atoms with Gasteiger partial charge in [-0.1, -0.05) is 13.0 Å². The van der Waals surface area contributed by atoms with Gasteiger partial charge in [-0.25, -0.2) is 0 Å². The molecule has 0 aliphatic heterocycles. The maximum Gasteiger partial charge on any atom is 0.122 e. The molecule has 19 heavy (non-hydrogen) atoms. The fraction of sp³-hybridized carbons (Fsp3) is 0.647. The fourth-order valence-corrected chi connectivity index (χ4v) is 2.32. The van der Waals surface area contributed by atoms with Gasteiger partial charge in [0.05, 0.1) is 12.7 Å². The molecular weight excluding hydrogens is 236 g/mol. The summed E-state index contributed by atoms with van der Waals surface area (Å²) in [5.41, 5.74) is 3.93. The van der Waals surface area contributed by atoms with E-state index in [4.69, 9.17) is 9.47 Å². The van der Waals surface area contributed by atoms with E-state index in [-0.39, 0.29) is 0 Å². The number of hydrogen-bond acceptors (Lipinski definition) is 2. The Bertz CT molecular complexity index is 398. The van der Waals surface area contributed by atoms with E-state index in [2.05, 4.69) is 46.8 Å². The van der Waals surface area contributed by atoms with Gasteiger partial charge in [0, 0.05) is 6.61 Å². The molecule has 0 bridgehead atoms. The van der Waals surface area contributed by atoms with Crippen LogP contribution >= 0.6 is 0 Å². The monoisotopic (exact) mass is 264 g/mol. The van der Waals surface area contributed by atoms with Gasteiger partial charge < -0.3 is 9.47 Å². The van der Waals surface area contributed by atoms with E-state index in [1.165, 1.54) is 16.7 Å². The van der Waals surface area contributed by atoms with Gasteiger partial charge in [0.25, 0.3) is 0 Å². The van der Waals surface area contributed by atoms with Gasteiger partial charge in [-0.2, -0.15) is 0 Å². The lowest BCUT2D eigenvalue weighted by Gasteiger charge is -2.21. The molecule has 1 rings (SSSR count). The third-order valence-electron chi connectivity index (χ3n) is 3.71. The molecule has 1 aromatic rings. The molecule has 0 saturated heterocycles. The van der Waals surface area contributed by atoms with Crippen LogP contribution in [0.15, 0.2) is 12.1 Å². The molecule has 2 unspecified atom stereocenters. The van der Waals surface area contributed by atoms with Crippen molar-refractivity contribution >= 4 is 0 Å². The highest BCUT2D eigenvalue weighted by molar-refractivity contribution is 5.41. The second kappa shape index (κ2) is 7.54. The van der Waals surface area contributed by atoms with Crippen molar-refractivity contribution < 1.29 is 9.47 Å². The second-order valence-corrected chi connectivity index (χ2v) is 5.32. The normalized spacial score (nSPS) is 14.2. The summed E-state index contributed by atoms with van der Waals surface area (Å²) in [6, 6.07) is 4.42. The third kappa shape index (κ3) is 4.54. The predicted molar refractivity (Wildman–Crippen MR) is 81.0 cm³/mol. The second-order valence-electron chi connectivity index (χ2n) is 5.32. The first-order valence-corrected chi connectivity index (χ1v) is 7.34. The smallest absolute Gasteiger partial charge is 0.122 e. The summed E-state index contributed by atoms with van der Waals surface area (Å²) >= 11 is 0. The number of ether oxygens (including phenoxy) is 2. The maximum absolute atomic E-state index is 5.68. The van der Waals surface area contributed by atoms with Gasteiger partial charge in [-0.05, 0) is 69.7 Å². The summed E-state index contributed by atoms with van der Waals surface area (Å²) in [5, 5.41) is 0. The maximum atomic E-state index is 5.68. The minimum absolute atomic E-state index is 0.302. The molecule has 1 aromatic carbocycles. The van der Waals surface area contributed by atoms with Crippen LogP contribution in [0.1, 0.15) is 44.4 Å². The summed E-state index contributed by atoms with van der Waals surface area (Å²) in [7, 11) is 0. The van der Waals surface area contributed by atoms with Gasteiger partial charge in [-0.15, -0.1) is 0 Å². The molecule has 0 radical (unpaired) electrons. The molecule has 0 spiro atoms. The highest BCUT2D eigenvalue weighted by Crippen LogP contribution is 2.25. The van der Waals surface area contributed by atoms with Crippen LogP contribution in [-0.2, 0) is 11.2 Å². The molecular formula is C17H28O2. The van der Waals surface area contributed by atoms with Gasteiger partial charge in [-0.3, -0.25) is 0 Å². The lowest BCUT2D eigenvalue weighted by atomic mass is 9.92. The van der Waals surface area contributed by atoms with Crippen LogP contribution in [0.2, 0.25) is 0 Å². The standard InChI is InChI=1S/C17H28O2/c1-7-18-15(6)12(3)9-16-10-14(5)17(19-8-2)11-13(16)4/h10-12,15H,7-9H2,1-6H3. The van der Waals surface area contributed by atoms with Crippen LogP contribution < -0.4 is 4.74 Å². The van der Waals surface area contributed by atoms with Gasteiger partial charge in [0.1, 0.15) is 5.75 Å². The summed E-state index contributed by atoms with van der Waals surface area (Å²) in [6.45, 7) is 14.3. The number of aryl methyl sites for hydroxylation is 2. The van der Waals surface area contributed by atoms with Crippen molar-refractivity contribution in [1.29, 1.82) is 0 Å². The van der Waals surface area contributed by atoms with E-state index < -0.39 is 0 Å². The molecule has 0 aliphatic carbocycles. The Morgan fingerprint density at radius 3 is 2.26 bits per heavy atom. The summed E-state index contributed by atoms with van der Waals surface area (Å²) in [6.07, 6.45) is 1.36. The highest BCUT2D eigenvalue weighted by atomic mass is 16.5. The largest absolute Gasteiger partial charge is 0.494 e. The molecule has 2 heteroatoms. The summed E-state index contributed by atoms with van der Waals surface area (Å²) in [5.74, 6) is 1.53. The van der Waals surface area contributed by atoms with Crippen molar-refractivity contribution in [3.63, 3.8) is 0 Å². The van der Waals surface area contributed by atoms with Crippen molar-refractivity contribution in [1.82, 2.24) is 0 Å². The number of benzene rings is 1. The topological polar surface area (TPSA) is 18.5 Å². The zero-order chi connectivity index (χ0) is 14.4. The molecule has 108 valence electrons. The quantitative estimate of drug-likeness (QED) is 0.730. The van der Waals surface area contributed by atoms with Gasteiger partial charge in [0.15, 0.2) is 0 Å². The first-order chi connectivity index (χ1) is 8.99. The van der Waals surface area contributed by atoms with E-state index in [9.17, 15) is 0 Å². The Kier molecular flexibility index (Phi) is 6.36. The molecule has 0 heterocycles. The van der Waals surface area contributed by atoms with E-state index in [1.807, 2.05) is 6.92 Å². The minimum Gasteiger partial charge on any atom is -0.494 e. The first kappa shape index (κ1) is 16.0. The van der Waals surface area contributed by atoms with Crippen LogP contribution in [0, 0.1) is 19.8 Å². The van der Waals surface area contributed by atoms with Crippen LogP contribution in [0.25, 0.3) is 0 Å².